The summed E-state index contributed by atoms with van der Waals surface area (Å²) in [6.45, 7) is 13.7. The zero-order chi connectivity index (χ0) is 19.7. The lowest BCUT2D eigenvalue weighted by atomic mass is 9.96. The summed E-state index contributed by atoms with van der Waals surface area (Å²) in [4.78, 5) is 30.2. The third-order valence-corrected chi connectivity index (χ3v) is 3.54. The highest BCUT2D eigenvalue weighted by Gasteiger charge is 2.30. The van der Waals surface area contributed by atoms with E-state index < -0.39 is 17.4 Å². The van der Waals surface area contributed by atoms with E-state index in [0.29, 0.717) is 13.1 Å². The topological polar surface area (TPSA) is 78.0 Å². The Kier molecular flexibility index (Phi) is 5.49. The first-order valence-corrected chi connectivity index (χ1v) is 8.71. The molecule has 1 atom stereocenters. The van der Waals surface area contributed by atoms with Gasteiger partial charge in [0.1, 0.15) is 11.2 Å². The summed E-state index contributed by atoms with van der Waals surface area (Å²) in [5, 5.41) is 0. The van der Waals surface area contributed by atoms with Crippen molar-refractivity contribution >= 4 is 12.2 Å². The molecule has 1 unspecified atom stereocenters. The van der Waals surface area contributed by atoms with Crippen molar-refractivity contribution in [2.75, 3.05) is 6.54 Å². The van der Waals surface area contributed by atoms with Crippen LogP contribution in [-0.4, -0.2) is 39.9 Å². The largest absolute Gasteiger partial charge is 0.514 e. The number of hydrogen-bond acceptors (Lipinski definition) is 6. The van der Waals surface area contributed by atoms with E-state index in [4.69, 9.17) is 14.2 Å². The second-order valence-corrected chi connectivity index (χ2v) is 8.54. The Morgan fingerprint density at radius 2 is 1.73 bits per heavy atom. The fourth-order valence-corrected chi connectivity index (χ4v) is 2.65. The number of fused-ring (bicyclic) bond motifs is 1. The van der Waals surface area contributed by atoms with Gasteiger partial charge in [-0.1, -0.05) is 6.92 Å². The van der Waals surface area contributed by atoms with Crippen molar-refractivity contribution < 1.29 is 23.8 Å². The molecule has 0 aromatic carbocycles. The maximum Gasteiger partial charge on any atom is 0.514 e. The van der Waals surface area contributed by atoms with Crippen LogP contribution in [0.25, 0.3) is 0 Å². The van der Waals surface area contributed by atoms with Crippen LogP contribution in [0, 0.1) is 0 Å². The molecule has 1 aliphatic rings. The molecule has 0 saturated heterocycles. The molecule has 144 valence electrons. The number of ether oxygens (including phenoxy) is 3. The Morgan fingerprint density at radius 1 is 1.12 bits per heavy atom. The van der Waals surface area contributed by atoms with Gasteiger partial charge in [-0.2, -0.15) is 0 Å². The fourth-order valence-electron chi connectivity index (χ4n) is 2.65. The molecule has 2 heterocycles. The highest BCUT2D eigenvalue weighted by Crippen LogP contribution is 2.30. The number of pyridine rings is 1. The molecule has 1 amide bonds. The summed E-state index contributed by atoms with van der Waals surface area (Å²) in [5.41, 5.74) is 0.526. The van der Waals surface area contributed by atoms with Crippen LogP contribution in [-0.2, 0) is 16.0 Å². The smallest absolute Gasteiger partial charge is 0.444 e. The lowest BCUT2D eigenvalue weighted by Crippen LogP contribution is -2.41. The summed E-state index contributed by atoms with van der Waals surface area (Å²) in [7, 11) is 0. The van der Waals surface area contributed by atoms with Gasteiger partial charge < -0.3 is 19.1 Å². The summed E-state index contributed by atoms with van der Waals surface area (Å²) in [6.07, 6.45) is 0.350. The minimum atomic E-state index is -0.785. The van der Waals surface area contributed by atoms with Gasteiger partial charge in [-0.25, -0.2) is 9.59 Å². The highest BCUT2D eigenvalue weighted by molar-refractivity contribution is 5.69. The molecule has 0 radical (unpaired) electrons. The van der Waals surface area contributed by atoms with E-state index in [1.807, 2.05) is 27.7 Å². The Labute approximate surface area is 154 Å². The quantitative estimate of drug-likeness (QED) is 0.693. The SMILES string of the molecule is CC1CN(C(=O)OC(C)(C)C)Cc2cc(OC(=O)OC(C)(C)C)cnc21. The molecule has 1 aromatic rings. The summed E-state index contributed by atoms with van der Waals surface area (Å²) in [6, 6.07) is 1.72. The average molecular weight is 364 g/mol. The van der Waals surface area contributed by atoms with Gasteiger partial charge in [-0.15, -0.1) is 0 Å². The predicted octanol–water partition coefficient (Wildman–Crippen LogP) is 4.25. The molecule has 0 spiro atoms. The molecule has 1 aliphatic heterocycles. The zero-order valence-corrected chi connectivity index (χ0v) is 16.6. The van der Waals surface area contributed by atoms with Crippen LogP contribution in [0.4, 0.5) is 9.59 Å². The summed E-state index contributed by atoms with van der Waals surface area (Å²) in [5.74, 6) is 0.345. The first-order chi connectivity index (χ1) is 11.8. The molecule has 0 fully saturated rings. The van der Waals surface area contributed by atoms with Gasteiger partial charge in [0.25, 0.3) is 0 Å². The molecule has 0 N–H and O–H groups in total. The van der Waals surface area contributed by atoms with Crippen LogP contribution >= 0.6 is 0 Å². The maximum atomic E-state index is 12.4. The number of carbonyl (C=O) groups excluding carboxylic acids is 2. The molecule has 0 aliphatic carbocycles. The lowest BCUT2D eigenvalue weighted by molar-refractivity contribution is 0.0184. The molecule has 1 aromatic heterocycles. The van der Waals surface area contributed by atoms with Gasteiger partial charge in [-0.05, 0) is 53.2 Å². The van der Waals surface area contributed by atoms with Gasteiger partial charge in [0, 0.05) is 12.5 Å². The summed E-state index contributed by atoms with van der Waals surface area (Å²) < 4.78 is 15.8. The van der Waals surface area contributed by atoms with Crippen molar-refractivity contribution in [3.63, 3.8) is 0 Å². The van der Waals surface area contributed by atoms with Crippen molar-refractivity contribution in [1.29, 1.82) is 0 Å². The van der Waals surface area contributed by atoms with Crippen LogP contribution in [0.3, 0.4) is 0 Å². The molecule has 7 heteroatoms. The van der Waals surface area contributed by atoms with E-state index in [9.17, 15) is 9.59 Å². The third-order valence-electron chi connectivity index (χ3n) is 3.54. The zero-order valence-electron chi connectivity index (χ0n) is 16.6. The first kappa shape index (κ1) is 20.0. The van der Waals surface area contributed by atoms with Gasteiger partial charge >= 0.3 is 12.2 Å². The van der Waals surface area contributed by atoms with Crippen molar-refractivity contribution in [3.05, 3.63) is 23.5 Å². The molecule has 7 nitrogen and oxygen atoms in total. The van der Waals surface area contributed by atoms with Crippen LogP contribution in [0.5, 0.6) is 5.75 Å². The van der Waals surface area contributed by atoms with E-state index in [-0.39, 0.29) is 17.8 Å². The molecule has 2 rings (SSSR count). The van der Waals surface area contributed by atoms with Crippen molar-refractivity contribution in [2.45, 2.75) is 72.1 Å². The number of nitrogens with zero attached hydrogens (tertiary/aromatic N) is 2. The fraction of sp³-hybridized carbons (Fsp3) is 0.632. The Hall–Kier alpha value is -2.31. The number of rotatable bonds is 1. The highest BCUT2D eigenvalue weighted by atomic mass is 16.7. The molecule has 0 bridgehead atoms. The second kappa shape index (κ2) is 7.13. The van der Waals surface area contributed by atoms with Crippen molar-refractivity contribution in [3.8, 4) is 5.75 Å². The number of hydrogen-bond donors (Lipinski definition) is 0. The van der Waals surface area contributed by atoms with E-state index in [1.54, 1.807) is 31.7 Å². The first-order valence-electron chi connectivity index (χ1n) is 8.71. The van der Waals surface area contributed by atoms with E-state index in [1.165, 1.54) is 6.20 Å². The normalized spacial score (nSPS) is 17.3. The molecule has 26 heavy (non-hydrogen) atoms. The predicted molar refractivity (Wildman–Crippen MR) is 96.2 cm³/mol. The second-order valence-electron chi connectivity index (χ2n) is 8.54. The van der Waals surface area contributed by atoms with Crippen molar-refractivity contribution in [1.82, 2.24) is 9.88 Å². The molecular weight excluding hydrogens is 336 g/mol. The van der Waals surface area contributed by atoms with Crippen LogP contribution in [0.15, 0.2) is 12.3 Å². The number of amides is 1. The number of carbonyl (C=O) groups is 2. The van der Waals surface area contributed by atoms with E-state index in [2.05, 4.69) is 4.98 Å². The van der Waals surface area contributed by atoms with Crippen molar-refractivity contribution in [2.24, 2.45) is 0 Å². The molecule has 0 saturated carbocycles. The summed E-state index contributed by atoms with van der Waals surface area (Å²) >= 11 is 0. The average Bonchev–Trinajstić information content (AvgIpc) is 2.42. The lowest BCUT2D eigenvalue weighted by Gasteiger charge is -2.33. The standard InChI is InChI=1S/C19H28N2O5/c1-12-10-21(16(22)25-18(2,3)4)11-13-8-14(9-20-15(12)13)24-17(23)26-19(5,6)7/h8-9,12H,10-11H2,1-7H3. The minimum Gasteiger partial charge on any atom is -0.444 e. The monoisotopic (exact) mass is 364 g/mol. The molecular formula is C19H28N2O5. The van der Waals surface area contributed by atoms with Crippen LogP contribution in [0.2, 0.25) is 0 Å². The third kappa shape index (κ3) is 5.61. The Morgan fingerprint density at radius 3 is 2.31 bits per heavy atom. The van der Waals surface area contributed by atoms with Gasteiger partial charge in [0.05, 0.1) is 18.4 Å². The van der Waals surface area contributed by atoms with E-state index in [0.717, 1.165) is 11.3 Å². The maximum absolute atomic E-state index is 12.4. The van der Waals surface area contributed by atoms with Crippen LogP contribution < -0.4 is 4.74 Å². The van der Waals surface area contributed by atoms with Crippen LogP contribution in [0.1, 0.15) is 65.6 Å². The van der Waals surface area contributed by atoms with Gasteiger partial charge in [0.2, 0.25) is 0 Å². The minimum absolute atomic E-state index is 0.0573. The Balaban J connectivity index is 2.13. The van der Waals surface area contributed by atoms with Gasteiger partial charge in [0.15, 0.2) is 5.75 Å². The number of aromatic nitrogens is 1. The Bertz CT molecular complexity index is 688. The van der Waals surface area contributed by atoms with Gasteiger partial charge in [-0.3, -0.25) is 4.98 Å². The van der Waals surface area contributed by atoms with E-state index >= 15 is 0 Å².